The molecule has 0 aromatic heterocycles. The van der Waals surface area contributed by atoms with Gasteiger partial charge in [0.2, 0.25) is 0 Å². The number of para-hydroxylation sites is 1. The highest BCUT2D eigenvalue weighted by molar-refractivity contribution is 5.49. The van der Waals surface area contributed by atoms with E-state index in [2.05, 4.69) is 40.7 Å². The van der Waals surface area contributed by atoms with Crippen LogP contribution in [0.4, 0.5) is 0 Å². The first kappa shape index (κ1) is 12.3. The largest absolute Gasteiger partial charge is 0.485 e. The van der Waals surface area contributed by atoms with E-state index in [1.54, 1.807) is 0 Å². The van der Waals surface area contributed by atoms with Crippen molar-refractivity contribution in [2.45, 2.75) is 46.1 Å². The summed E-state index contributed by atoms with van der Waals surface area (Å²) in [6.07, 6.45) is 0. The van der Waals surface area contributed by atoms with E-state index in [0.717, 1.165) is 11.5 Å². The summed E-state index contributed by atoms with van der Waals surface area (Å²) in [6.45, 7) is 11.4. The van der Waals surface area contributed by atoms with Crippen LogP contribution >= 0.6 is 0 Å². The lowest BCUT2D eigenvalue weighted by atomic mass is 9.91. The van der Waals surface area contributed by atoms with Gasteiger partial charge in [-0.05, 0) is 24.8 Å². The first-order valence-corrected chi connectivity index (χ1v) is 6.39. The van der Waals surface area contributed by atoms with Crippen LogP contribution in [0, 0.1) is 5.92 Å². The van der Waals surface area contributed by atoms with E-state index in [0.29, 0.717) is 18.4 Å². The molecule has 17 heavy (non-hydrogen) atoms. The van der Waals surface area contributed by atoms with Crippen LogP contribution in [-0.2, 0) is 0 Å². The molecule has 2 nitrogen and oxygen atoms in total. The Morgan fingerprint density at radius 2 is 1.88 bits per heavy atom. The van der Waals surface area contributed by atoms with E-state index >= 15 is 0 Å². The topological polar surface area (TPSA) is 18.5 Å². The van der Waals surface area contributed by atoms with Gasteiger partial charge in [-0.15, -0.1) is 0 Å². The summed E-state index contributed by atoms with van der Waals surface area (Å²) in [6, 6.07) is 6.16. The van der Waals surface area contributed by atoms with Gasteiger partial charge in [0.05, 0.1) is 0 Å². The standard InChI is InChI=1S/C15H22O2/c1-10(2)12-7-6-8-13-14(12)16-9-15(5,17-13)11(3)4/h6-8,10-11H,9H2,1-5H3. The van der Waals surface area contributed by atoms with Crippen LogP contribution in [-0.4, -0.2) is 12.2 Å². The predicted octanol–water partition coefficient (Wildman–Crippen LogP) is 4.00. The van der Waals surface area contributed by atoms with Gasteiger partial charge in [0, 0.05) is 5.56 Å². The van der Waals surface area contributed by atoms with Crippen LogP contribution in [0.15, 0.2) is 18.2 Å². The van der Waals surface area contributed by atoms with Gasteiger partial charge in [-0.1, -0.05) is 39.8 Å². The molecule has 1 aliphatic rings. The molecule has 0 bridgehead atoms. The van der Waals surface area contributed by atoms with Gasteiger partial charge in [0.1, 0.15) is 12.2 Å². The predicted molar refractivity (Wildman–Crippen MR) is 69.9 cm³/mol. The molecule has 1 atom stereocenters. The van der Waals surface area contributed by atoms with Gasteiger partial charge in [-0.25, -0.2) is 0 Å². The van der Waals surface area contributed by atoms with Crippen molar-refractivity contribution < 1.29 is 9.47 Å². The fourth-order valence-corrected chi connectivity index (χ4v) is 2.00. The van der Waals surface area contributed by atoms with Crippen molar-refractivity contribution in [1.29, 1.82) is 0 Å². The van der Waals surface area contributed by atoms with E-state index < -0.39 is 0 Å². The molecular formula is C15H22O2. The molecule has 0 saturated heterocycles. The third kappa shape index (κ3) is 2.13. The molecule has 1 aromatic rings. The van der Waals surface area contributed by atoms with E-state index in [-0.39, 0.29) is 5.60 Å². The number of benzene rings is 1. The second kappa shape index (κ2) is 4.25. The fourth-order valence-electron chi connectivity index (χ4n) is 2.00. The van der Waals surface area contributed by atoms with Crippen LogP contribution in [0.25, 0.3) is 0 Å². The molecule has 1 aliphatic heterocycles. The molecule has 1 aromatic carbocycles. The normalized spacial score (nSPS) is 23.2. The summed E-state index contributed by atoms with van der Waals surface area (Å²) in [7, 11) is 0. The minimum absolute atomic E-state index is 0.220. The smallest absolute Gasteiger partial charge is 0.164 e. The minimum atomic E-state index is -0.220. The van der Waals surface area contributed by atoms with E-state index in [4.69, 9.17) is 9.47 Å². The van der Waals surface area contributed by atoms with Crippen molar-refractivity contribution >= 4 is 0 Å². The second-order valence-corrected chi connectivity index (χ2v) is 5.69. The summed E-state index contributed by atoms with van der Waals surface area (Å²) in [4.78, 5) is 0. The van der Waals surface area contributed by atoms with Gasteiger partial charge in [0.15, 0.2) is 11.5 Å². The second-order valence-electron chi connectivity index (χ2n) is 5.69. The molecule has 0 N–H and O–H groups in total. The number of fused-ring (bicyclic) bond motifs is 1. The quantitative estimate of drug-likeness (QED) is 0.770. The molecule has 0 aliphatic carbocycles. The lowest BCUT2D eigenvalue weighted by Gasteiger charge is -2.39. The van der Waals surface area contributed by atoms with Gasteiger partial charge in [-0.3, -0.25) is 0 Å². The minimum Gasteiger partial charge on any atom is -0.485 e. The van der Waals surface area contributed by atoms with Crippen LogP contribution < -0.4 is 9.47 Å². The molecule has 1 unspecified atom stereocenters. The molecule has 0 amide bonds. The van der Waals surface area contributed by atoms with Crippen LogP contribution in [0.5, 0.6) is 11.5 Å². The maximum Gasteiger partial charge on any atom is 0.164 e. The molecule has 0 saturated carbocycles. The SMILES string of the molecule is CC(C)c1cccc2c1OCC(C)(C(C)C)O2. The molecule has 0 fully saturated rings. The number of ether oxygens (including phenoxy) is 2. The highest BCUT2D eigenvalue weighted by atomic mass is 16.6. The Morgan fingerprint density at radius 1 is 1.18 bits per heavy atom. The lowest BCUT2D eigenvalue weighted by molar-refractivity contribution is -0.0290. The Hall–Kier alpha value is -1.18. The third-order valence-electron chi connectivity index (χ3n) is 3.70. The van der Waals surface area contributed by atoms with Crippen LogP contribution in [0.2, 0.25) is 0 Å². The van der Waals surface area contributed by atoms with E-state index in [1.807, 2.05) is 12.1 Å². The van der Waals surface area contributed by atoms with Crippen molar-refractivity contribution in [3.8, 4) is 11.5 Å². The zero-order chi connectivity index (χ0) is 12.6. The summed E-state index contributed by atoms with van der Waals surface area (Å²) in [5.41, 5.74) is 1.01. The average Bonchev–Trinajstić information content (AvgIpc) is 2.27. The van der Waals surface area contributed by atoms with Crippen molar-refractivity contribution in [2.75, 3.05) is 6.61 Å². The summed E-state index contributed by atoms with van der Waals surface area (Å²) < 4.78 is 12.1. The molecule has 2 heteroatoms. The number of rotatable bonds is 2. The average molecular weight is 234 g/mol. The highest BCUT2D eigenvalue weighted by Crippen LogP contribution is 2.42. The van der Waals surface area contributed by atoms with Crippen molar-refractivity contribution in [1.82, 2.24) is 0 Å². The monoisotopic (exact) mass is 234 g/mol. The van der Waals surface area contributed by atoms with Crippen molar-refractivity contribution in [3.05, 3.63) is 23.8 Å². The zero-order valence-electron chi connectivity index (χ0n) is 11.4. The Labute approximate surface area is 104 Å². The first-order chi connectivity index (χ1) is 7.94. The Balaban J connectivity index is 2.38. The van der Waals surface area contributed by atoms with Crippen LogP contribution in [0.1, 0.15) is 46.1 Å². The fraction of sp³-hybridized carbons (Fsp3) is 0.600. The van der Waals surface area contributed by atoms with Gasteiger partial charge in [-0.2, -0.15) is 0 Å². The summed E-state index contributed by atoms with van der Waals surface area (Å²) in [5.74, 6) is 2.70. The summed E-state index contributed by atoms with van der Waals surface area (Å²) >= 11 is 0. The van der Waals surface area contributed by atoms with Crippen LogP contribution in [0.3, 0.4) is 0 Å². The molecule has 94 valence electrons. The lowest BCUT2D eigenvalue weighted by Crippen LogP contribution is -2.46. The highest BCUT2D eigenvalue weighted by Gasteiger charge is 2.37. The molecule has 0 spiro atoms. The van der Waals surface area contributed by atoms with Gasteiger partial charge < -0.3 is 9.47 Å². The maximum atomic E-state index is 6.15. The molecule has 2 rings (SSSR count). The van der Waals surface area contributed by atoms with Crippen molar-refractivity contribution in [3.63, 3.8) is 0 Å². The third-order valence-corrected chi connectivity index (χ3v) is 3.70. The van der Waals surface area contributed by atoms with E-state index in [9.17, 15) is 0 Å². The van der Waals surface area contributed by atoms with Crippen molar-refractivity contribution in [2.24, 2.45) is 5.92 Å². The number of hydrogen-bond donors (Lipinski definition) is 0. The Morgan fingerprint density at radius 3 is 2.47 bits per heavy atom. The molecular weight excluding hydrogens is 212 g/mol. The maximum absolute atomic E-state index is 6.15. The van der Waals surface area contributed by atoms with E-state index in [1.165, 1.54) is 5.56 Å². The summed E-state index contributed by atoms with van der Waals surface area (Å²) in [5, 5.41) is 0. The first-order valence-electron chi connectivity index (χ1n) is 6.39. The Bertz CT molecular complexity index is 409. The number of hydrogen-bond acceptors (Lipinski definition) is 2. The Kier molecular flexibility index (Phi) is 3.07. The molecule has 1 heterocycles. The van der Waals surface area contributed by atoms with Gasteiger partial charge >= 0.3 is 0 Å². The molecule has 0 radical (unpaired) electrons. The van der Waals surface area contributed by atoms with Gasteiger partial charge in [0.25, 0.3) is 0 Å². The zero-order valence-corrected chi connectivity index (χ0v) is 11.4.